The van der Waals surface area contributed by atoms with Gasteiger partial charge in [-0.15, -0.1) is 0 Å². The second kappa shape index (κ2) is 8.99. The number of ether oxygens (including phenoxy) is 1. The van der Waals surface area contributed by atoms with E-state index in [1.165, 1.54) is 12.1 Å². The van der Waals surface area contributed by atoms with Crippen molar-refractivity contribution in [1.82, 2.24) is 0 Å². The average molecular weight is 350 g/mol. The highest BCUT2D eigenvalue weighted by atomic mass is 16.5. The molecule has 0 aromatic heterocycles. The van der Waals surface area contributed by atoms with E-state index in [1.54, 1.807) is 37.3 Å². The van der Waals surface area contributed by atoms with Gasteiger partial charge in [-0.2, -0.15) is 10.4 Å². The molecule has 2 aromatic rings. The first-order valence-corrected chi connectivity index (χ1v) is 7.92. The van der Waals surface area contributed by atoms with Crippen LogP contribution in [0, 0.1) is 18.3 Å². The maximum atomic E-state index is 12.1. The van der Waals surface area contributed by atoms with Gasteiger partial charge in [0, 0.05) is 5.69 Å². The van der Waals surface area contributed by atoms with Gasteiger partial charge in [-0.25, -0.2) is 4.79 Å². The molecule has 0 radical (unpaired) electrons. The molecule has 0 aliphatic heterocycles. The molecule has 2 rings (SSSR count). The fourth-order valence-electron chi connectivity index (χ4n) is 1.97. The monoisotopic (exact) mass is 350 g/mol. The number of nitrogens with zero attached hydrogens (tertiary/aromatic N) is 2. The van der Waals surface area contributed by atoms with E-state index in [-0.39, 0.29) is 12.3 Å². The van der Waals surface area contributed by atoms with Crippen LogP contribution in [0.25, 0.3) is 0 Å². The van der Waals surface area contributed by atoms with Crippen LogP contribution in [0.5, 0.6) is 0 Å². The van der Waals surface area contributed by atoms with Crippen molar-refractivity contribution in [3.8, 4) is 6.07 Å². The zero-order chi connectivity index (χ0) is 18.9. The molecule has 2 N–H and O–H groups in total. The highest BCUT2D eigenvalue weighted by molar-refractivity contribution is 6.48. The SMILES string of the molecule is CCOC(=O)c1ccc(NC(=O)C(C#N)=NNc2ccc(C)cc2)cc1. The summed E-state index contributed by atoms with van der Waals surface area (Å²) in [7, 11) is 0. The van der Waals surface area contributed by atoms with E-state index in [2.05, 4.69) is 15.8 Å². The van der Waals surface area contributed by atoms with Crippen LogP contribution in [-0.2, 0) is 9.53 Å². The highest BCUT2D eigenvalue weighted by Crippen LogP contribution is 2.11. The smallest absolute Gasteiger partial charge is 0.338 e. The van der Waals surface area contributed by atoms with Crippen molar-refractivity contribution < 1.29 is 14.3 Å². The van der Waals surface area contributed by atoms with Crippen molar-refractivity contribution in [2.24, 2.45) is 5.10 Å². The van der Waals surface area contributed by atoms with E-state index in [4.69, 9.17) is 10.00 Å². The molecule has 0 atom stereocenters. The largest absolute Gasteiger partial charge is 0.462 e. The lowest BCUT2D eigenvalue weighted by Crippen LogP contribution is -2.22. The molecule has 0 aliphatic carbocycles. The summed E-state index contributed by atoms with van der Waals surface area (Å²) in [4.78, 5) is 23.7. The molecular formula is C19H18N4O3. The minimum atomic E-state index is -0.656. The summed E-state index contributed by atoms with van der Waals surface area (Å²) in [6.45, 7) is 3.96. The molecule has 0 aliphatic rings. The van der Waals surface area contributed by atoms with E-state index in [0.29, 0.717) is 16.9 Å². The van der Waals surface area contributed by atoms with Gasteiger partial charge in [-0.1, -0.05) is 17.7 Å². The molecule has 0 saturated heterocycles. The second-order valence-corrected chi connectivity index (χ2v) is 5.30. The van der Waals surface area contributed by atoms with E-state index in [0.717, 1.165) is 5.56 Å². The molecule has 0 bridgehead atoms. The number of nitriles is 1. The van der Waals surface area contributed by atoms with Gasteiger partial charge in [-0.05, 0) is 50.2 Å². The van der Waals surface area contributed by atoms with Gasteiger partial charge in [0.05, 0.1) is 17.9 Å². The summed E-state index contributed by atoms with van der Waals surface area (Å²) in [5, 5.41) is 15.5. The number of carbonyl (C=O) groups is 2. The summed E-state index contributed by atoms with van der Waals surface area (Å²) in [5.41, 5.74) is 4.91. The van der Waals surface area contributed by atoms with Crippen molar-refractivity contribution >= 4 is 29.0 Å². The normalized spacial score (nSPS) is 10.6. The van der Waals surface area contributed by atoms with Gasteiger partial charge in [0.25, 0.3) is 5.91 Å². The zero-order valence-electron chi connectivity index (χ0n) is 14.4. The van der Waals surface area contributed by atoms with Gasteiger partial charge >= 0.3 is 5.97 Å². The van der Waals surface area contributed by atoms with E-state index in [1.807, 2.05) is 19.1 Å². The molecule has 26 heavy (non-hydrogen) atoms. The van der Waals surface area contributed by atoms with Crippen LogP contribution in [-0.4, -0.2) is 24.2 Å². The van der Waals surface area contributed by atoms with Gasteiger partial charge in [0.2, 0.25) is 5.71 Å². The molecule has 0 saturated carbocycles. The number of carbonyl (C=O) groups excluding carboxylic acids is 2. The molecule has 2 aromatic carbocycles. The fourth-order valence-corrected chi connectivity index (χ4v) is 1.97. The lowest BCUT2D eigenvalue weighted by Gasteiger charge is -2.06. The minimum absolute atomic E-state index is 0.285. The fraction of sp³-hybridized carbons (Fsp3) is 0.158. The highest BCUT2D eigenvalue weighted by Gasteiger charge is 2.12. The molecule has 7 nitrogen and oxygen atoms in total. The molecule has 0 unspecified atom stereocenters. The number of hydrogen-bond acceptors (Lipinski definition) is 6. The lowest BCUT2D eigenvalue weighted by atomic mass is 10.2. The van der Waals surface area contributed by atoms with Crippen molar-refractivity contribution in [2.75, 3.05) is 17.3 Å². The summed E-state index contributed by atoms with van der Waals surface area (Å²) in [5.74, 6) is -1.09. The molecule has 0 fully saturated rings. The van der Waals surface area contributed by atoms with Crippen LogP contribution in [0.1, 0.15) is 22.8 Å². The topological polar surface area (TPSA) is 104 Å². The Morgan fingerprint density at radius 3 is 2.27 bits per heavy atom. The number of aryl methyl sites for hydroxylation is 1. The Balaban J connectivity index is 2.02. The van der Waals surface area contributed by atoms with Gasteiger partial charge in [0.1, 0.15) is 6.07 Å². The molecule has 0 heterocycles. The molecule has 1 amide bonds. The number of anilines is 2. The van der Waals surface area contributed by atoms with Crippen molar-refractivity contribution in [1.29, 1.82) is 5.26 Å². The average Bonchev–Trinajstić information content (AvgIpc) is 2.64. The Hall–Kier alpha value is -3.66. The van der Waals surface area contributed by atoms with Crippen LogP contribution in [0.15, 0.2) is 53.6 Å². The van der Waals surface area contributed by atoms with Gasteiger partial charge in [-0.3, -0.25) is 10.2 Å². The van der Waals surface area contributed by atoms with E-state index in [9.17, 15) is 9.59 Å². The Morgan fingerprint density at radius 2 is 1.69 bits per heavy atom. The number of amides is 1. The lowest BCUT2D eigenvalue weighted by molar-refractivity contribution is -0.110. The number of benzene rings is 2. The molecular weight excluding hydrogens is 332 g/mol. The molecule has 132 valence electrons. The Bertz CT molecular complexity index is 850. The van der Waals surface area contributed by atoms with Crippen molar-refractivity contribution in [3.63, 3.8) is 0 Å². The number of esters is 1. The molecule has 7 heteroatoms. The van der Waals surface area contributed by atoms with Crippen LogP contribution in [0.4, 0.5) is 11.4 Å². The van der Waals surface area contributed by atoms with Crippen LogP contribution in [0.3, 0.4) is 0 Å². The Morgan fingerprint density at radius 1 is 1.08 bits per heavy atom. The first kappa shape index (κ1) is 18.7. The van der Waals surface area contributed by atoms with E-state index >= 15 is 0 Å². The van der Waals surface area contributed by atoms with Crippen LogP contribution in [0.2, 0.25) is 0 Å². The van der Waals surface area contributed by atoms with Gasteiger partial charge < -0.3 is 10.1 Å². The number of nitrogens with one attached hydrogen (secondary N) is 2. The summed E-state index contributed by atoms with van der Waals surface area (Å²) in [6.07, 6.45) is 0. The Labute approximate surface area is 151 Å². The van der Waals surface area contributed by atoms with E-state index < -0.39 is 11.9 Å². The third-order valence-electron chi connectivity index (χ3n) is 3.32. The quantitative estimate of drug-likeness (QED) is 0.473. The Kier molecular flexibility index (Phi) is 6.46. The molecule has 0 spiro atoms. The van der Waals surface area contributed by atoms with Crippen LogP contribution < -0.4 is 10.7 Å². The number of hydrogen-bond donors (Lipinski definition) is 2. The predicted octanol–water partition coefficient (Wildman–Crippen LogP) is 3.10. The summed E-state index contributed by atoms with van der Waals surface area (Å²) < 4.78 is 4.89. The first-order chi connectivity index (χ1) is 12.5. The predicted molar refractivity (Wildman–Crippen MR) is 98.9 cm³/mol. The van der Waals surface area contributed by atoms with Gasteiger partial charge in [0.15, 0.2) is 0 Å². The zero-order valence-corrected chi connectivity index (χ0v) is 14.4. The number of rotatable bonds is 6. The van der Waals surface area contributed by atoms with Crippen molar-refractivity contribution in [2.45, 2.75) is 13.8 Å². The maximum absolute atomic E-state index is 12.1. The third kappa shape index (κ3) is 5.18. The number of hydrazone groups is 1. The maximum Gasteiger partial charge on any atom is 0.338 e. The third-order valence-corrected chi connectivity index (χ3v) is 3.32. The first-order valence-electron chi connectivity index (χ1n) is 7.92. The standard InChI is InChI=1S/C19H18N4O3/c1-3-26-19(25)14-6-10-15(11-7-14)21-18(24)17(12-20)23-22-16-8-4-13(2)5-9-16/h4-11,22H,3H2,1-2H3,(H,21,24). The summed E-state index contributed by atoms with van der Waals surface area (Å²) in [6, 6.07) is 15.3. The summed E-state index contributed by atoms with van der Waals surface area (Å²) >= 11 is 0. The second-order valence-electron chi connectivity index (χ2n) is 5.30. The van der Waals surface area contributed by atoms with Crippen LogP contribution >= 0.6 is 0 Å². The van der Waals surface area contributed by atoms with Crippen molar-refractivity contribution in [3.05, 3.63) is 59.7 Å². The minimum Gasteiger partial charge on any atom is -0.462 e.